The monoisotopic (exact) mass is 355 g/mol. The first-order valence-electron chi connectivity index (χ1n) is 9.98. The fourth-order valence-electron chi connectivity index (χ4n) is 4.38. The van der Waals surface area contributed by atoms with Gasteiger partial charge in [-0.2, -0.15) is 5.10 Å². The lowest BCUT2D eigenvalue weighted by Gasteiger charge is -2.29. The molecule has 1 amide bonds. The van der Waals surface area contributed by atoms with Crippen molar-refractivity contribution < 1.29 is 4.79 Å². The van der Waals surface area contributed by atoms with Crippen molar-refractivity contribution in [2.24, 2.45) is 23.5 Å². The quantitative estimate of drug-likeness (QED) is 0.883. The second-order valence-electron chi connectivity index (χ2n) is 8.17. The lowest BCUT2D eigenvalue weighted by Crippen LogP contribution is -2.37. The van der Waals surface area contributed by atoms with Gasteiger partial charge in [-0.05, 0) is 49.7 Å². The molecule has 3 N–H and O–H groups in total. The summed E-state index contributed by atoms with van der Waals surface area (Å²) in [4.78, 5) is 16.7. The third kappa shape index (κ3) is 3.61. The Bertz CT molecular complexity index is 778. The zero-order valence-corrected chi connectivity index (χ0v) is 15.5. The van der Waals surface area contributed by atoms with E-state index in [0.29, 0.717) is 12.3 Å². The molecule has 0 bridgehead atoms. The van der Waals surface area contributed by atoms with E-state index in [9.17, 15) is 4.79 Å². The molecule has 1 aliphatic heterocycles. The molecule has 0 aromatic carbocycles. The fourth-order valence-corrected chi connectivity index (χ4v) is 4.38. The molecule has 140 valence electrons. The number of rotatable bonds is 4. The summed E-state index contributed by atoms with van der Waals surface area (Å²) in [6.07, 6.45) is 9.53. The van der Waals surface area contributed by atoms with Gasteiger partial charge < -0.3 is 11.1 Å². The predicted octanol–water partition coefficient (Wildman–Crippen LogP) is 2.62. The summed E-state index contributed by atoms with van der Waals surface area (Å²) >= 11 is 0. The minimum absolute atomic E-state index is 0.0169. The van der Waals surface area contributed by atoms with Gasteiger partial charge in [0.2, 0.25) is 5.91 Å². The van der Waals surface area contributed by atoms with Gasteiger partial charge in [0.1, 0.15) is 0 Å². The summed E-state index contributed by atoms with van der Waals surface area (Å²) in [5.41, 5.74) is 9.23. The van der Waals surface area contributed by atoms with E-state index in [0.717, 1.165) is 42.3 Å². The number of fused-ring (bicyclic) bond motifs is 1. The van der Waals surface area contributed by atoms with Crippen molar-refractivity contribution in [3.63, 3.8) is 0 Å². The first-order chi connectivity index (χ1) is 12.6. The molecule has 1 aliphatic carbocycles. The van der Waals surface area contributed by atoms with Gasteiger partial charge in [-0.1, -0.05) is 19.8 Å². The highest BCUT2D eigenvalue weighted by atomic mass is 16.1. The van der Waals surface area contributed by atoms with Crippen LogP contribution in [0.4, 0.5) is 0 Å². The van der Waals surface area contributed by atoms with Crippen LogP contribution in [0.15, 0.2) is 18.3 Å². The Morgan fingerprint density at radius 3 is 2.85 bits per heavy atom. The van der Waals surface area contributed by atoms with Crippen LogP contribution in [0.5, 0.6) is 0 Å². The molecule has 6 heteroatoms. The average Bonchev–Trinajstić information content (AvgIpc) is 3.07. The first-order valence-corrected chi connectivity index (χ1v) is 9.98. The third-order valence-electron chi connectivity index (χ3n) is 6.16. The molecule has 26 heavy (non-hydrogen) atoms. The molecule has 1 unspecified atom stereocenters. The van der Waals surface area contributed by atoms with Gasteiger partial charge in [0.15, 0.2) is 5.65 Å². The molecule has 2 fully saturated rings. The highest BCUT2D eigenvalue weighted by Crippen LogP contribution is 2.35. The second kappa shape index (κ2) is 7.35. The lowest BCUT2D eigenvalue weighted by atomic mass is 9.79. The van der Waals surface area contributed by atoms with Crippen LogP contribution in [0.3, 0.4) is 0 Å². The topological polar surface area (TPSA) is 85.3 Å². The molecule has 2 aromatic heterocycles. The summed E-state index contributed by atoms with van der Waals surface area (Å²) in [6.45, 7) is 3.12. The van der Waals surface area contributed by atoms with E-state index in [-0.39, 0.29) is 17.9 Å². The smallest absolute Gasteiger partial charge is 0.223 e. The van der Waals surface area contributed by atoms with Gasteiger partial charge in [0.25, 0.3) is 0 Å². The number of nitrogens with one attached hydrogen (secondary N) is 1. The standard InChI is InChI=1S/C20H29N5O/c1-13-4-6-14(7-5-13)19(21)17-12-25-18(23-17)9-8-16(24-25)11-15-3-2-10-22-20(15)26/h8-9,12-15,19H,2-7,10-11,21H2,1H3,(H,22,26)/t13?,14?,15?,19-/m0/s1. The van der Waals surface area contributed by atoms with Crippen LogP contribution in [0.25, 0.3) is 5.65 Å². The Morgan fingerprint density at radius 2 is 2.08 bits per heavy atom. The minimum Gasteiger partial charge on any atom is -0.356 e. The van der Waals surface area contributed by atoms with Gasteiger partial charge in [-0.15, -0.1) is 0 Å². The van der Waals surface area contributed by atoms with Gasteiger partial charge >= 0.3 is 0 Å². The molecule has 2 aliphatic rings. The Balaban J connectivity index is 1.49. The fraction of sp³-hybridized carbons (Fsp3) is 0.650. The van der Waals surface area contributed by atoms with Crippen molar-refractivity contribution in [2.75, 3.05) is 6.54 Å². The molecule has 4 rings (SSSR count). The average molecular weight is 355 g/mol. The summed E-state index contributed by atoms with van der Waals surface area (Å²) in [6, 6.07) is 3.96. The van der Waals surface area contributed by atoms with Crippen molar-refractivity contribution in [1.82, 2.24) is 19.9 Å². The zero-order chi connectivity index (χ0) is 18.1. The number of aromatic nitrogens is 3. The van der Waals surface area contributed by atoms with E-state index in [1.807, 2.05) is 22.8 Å². The maximum absolute atomic E-state index is 12.0. The van der Waals surface area contributed by atoms with Crippen LogP contribution in [0, 0.1) is 17.8 Å². The highest BCUT2D eigenvalue weighted by molar-refractivity contribution is 5.79. The third-order valence-corrected chi connectivity index (χ3v) is 6.16. The summed E-state index contributed by atoms with van der Waals surface area (Å²) in [5.74, 6) is 1.52. The molecular formula is C20H29N5O. The van der Waals surface area contributed by atoms with E-state index in [1.54, 1.807) is 0 Å². The van der Waals surface area contributed by atoms with E-state index in [4.69, 9.17) is 10.7 Å². The number of carbonyl (C=O) groups excluding carboxylic acids is 1. The molecule has 1 saturated heterocycles. The molecule has 1 saturated carbocycles. The molecule has 6 nitrogen and oxygen atoms in total. The normalized spacial score (nSPS) is 28.1. The highest BCUT2D eigenvalue weighted by Gasteiger charge is 2.27. The van der Waals surface area contributed by atoms with E-state index >= 15 is 0 Å². The summed E-state index contributed by atoms with van der Waals surface area (Å²) in [7, 11) is 0. The summed E-state index contributed by atoms with van der Waals surface area (Å²) in [5, 5.41) is 7.63. The maximum atomic E-state index is 12.0. The van der Waals surface area contributed by atoms with E-state index in [2.05, 4.69) is 17.3 Å². The second-order valence-corrected chi connectivity index (χ2v) is 8.17. The Morgan fingerprint density at radius 1 is 1.27 bits per heavy atom. The zero-order valence-electron chi connectivity index (χ0n) is 15.5. The SMILES string of the molecule is CC1CCC([C@H](N)c2cn3nc(CC4CCCNC4=O)ccc3n2)CC1. The van der Waals surface area contributed by atoms with E-state index in [1.165, 1.54) is 25.7 Å². The van der Waals surface area contributed by atoms with Crippen LogP contribution < -0.4 is 11.1 Å². The molecule has 0 radical (unpaired) electrons. The van der Waals surface area contributed by atoms with Gasteiger partial charge in [-0.25, -0.2) is 9.50 Å². The summed E-state index contributed by atoms with van der Waals surface area (Å²) < 4.78 is 1.83. The molecule has 2 atom stereocenters. The number of hydrogen-bond donors (Lipinski definition) is 2. The van der Waals surface area contributed by atoms with Crippen molar-refractivity contribution in [3.8, 4) is 0 Å². The van der Waals surface area contributed by atoms with Gasteiger partial charge in [0, 0.05) is 18.9 Å². The van der Waals surface area contributed by atoms with Crippen LogP contribution in [-0.4, -0.2) is 27.0 Å². The number of hydrogen-bond acceptors (Lipinski definition) is 4. The number of imidazole rings is 1. The number of carbonyl (C=O) groups is 1. The largest absolute Gasteiger partial charge is 0.356 e. The number of piperidine rings is 1. The Hall–Kier alpha value is -1.95. The van der Waals surface area contributed by atoms with Crippen LogP contribution in [0.2, 0.25) is 0 Å². The number of nitrogens with zero attached hydrogens (tertiary/aromatic N) is 3. The van der Waals surface area contributed by atoms with Crippen molar-refractivity contribution in [3.05, 3.63) is 29.7 Å². The number of nitrogens with two attached hydrogens (primary N) is 1. The molecule has 0 spiro atoms. The van der Waals surface area contributed by atoms with Crippen LogP contribution in [-0.2, 0) is 11.2 Å². The Kier molecular flexibility index (Phi) is 4.94. The molecular weight excluding hydrogens is 326 g/mol. The lowest BCUT2D eigenvalue weighted by molar-refractivity contribution is -0.126. The number of amides is 1. The minimum atomic E-state index is -0.0169. The van der Waals surface area contributed by atoms with Crippen molar-refractivity contribution in [1.29, 1.82) is 0 Å². The van der Waals surface area contributed by atoms with E-state index < -0.39 is 0 Å². The molecule has 3 heterocycles. The van der Waals surface area contributed by atoms with Gasteiger partial charge in [-0.3, -0.25) is 4.79 Å². The van der Waals surface area contributed by atoms with Crippen molar-refractivity contribution in [2.45, 2.75) is 57.9 Å². The van der Waals surface area contributed by atoms with Crippen molar-refractivity contribution >= 4 is 11.6 Å². The Labute approximate surface area is 154 Å². The van der Waals surface area contributed by atoms with Crippen LogP contribution in [0.1, 0.15) is 62.9 Å². The first kappa shape index (κ1) is 17.5. The van der Waals surface area contributed by atoms with Crippen LogP contribution >= 0.6 is 0 Å². The predicted molar refractivity (Wildman–Crippen MR) is 100 cm³/mol. The van der Waals surface area contributed by atoms with Gasteiger partial charge in [0.05, 0.1) is 23.6 Å². The molecule has 2 aromatic rings. The maximum Gasteiger partial charge on any atom is 0.223 e.